The number of hydrogen-bond donors (Lipinski definition) is 2. The predicted molar refractivity (Wildman–Crippen MR) is 55.5 cm³/mol. The van der Waals surface area contributed by atoms with Crippen molar-refractivity contribution in [1.29, 1.82) is 0 Å². The molecular formula is C9H13AsF6O4. The third-order valence-corrected chi connectivity index (χ3v) is 3.30. The Morgan fingerprint density at radius 3 is 2.15 bits per heavy atom. The minimum atomic E-state index is -5.19. The van der Waals surface area contributed by atoms with E-state index in [1.165, 1.54) is 0 Å². The molecule has 0 aliphatic heterocycles. The van der Waals surface area contributed by atoms with Crippen molar-refractivity contribution in [3.63, 3.8) is 0 Å². The molecule has 0 heterocycles. The second kappa shape index (κ2) is 8.11. The van der Waals surface area contributed by atoms with Crippen LogP contribution in [-0.2, 0) is 7.47 Å². The van der Waals surface area contributed by atoms with Crippen LogP contribution in [0.5, 0.6) is 0 Å². The van der Waals surface area contributed by atoms with Crippen molar-refractivity contribution in [3.05, 3.63) is 11.9 Å². The predicted octanol–water partition coefficient (Wildman–Crippen LogP) is 2.47. The van der Waals surface area contributed by atoms with Gasteiger partial charge in [0.15, 0.2) is 0 Å². The summed E-state index contributed by atoms with van der Waals surface area (Å²) in [7, 11) is 0. The standard InChI is InChI=1S/C9H13AsF6O4/c11-6(9(15,16)7(12)8(13)14)4-2-1-3-5-20-10(17,18)19/h6H,1-5H2,(H2,17,18,19). The summed E-state index contributed by atoms with van der Waals surface area (Å²) in [6.45, 7) is -0.343. The Labute approximate surface area is 113 Å². The first-order valence-corrected chi connectivity index (χ1v) is 8.62. The monoisotopic (exact) mass is 374 g/mol. The summed E-state index contributed by atoms with van der Waals surface area (Å²) in [5.74, 6) is -7.97. The van der Waals surface area contributed by atoms with E-state index in [1.54, 1.807) is 0 Å². The molecule has 0 rings (SSSR count). The van der Waals surface area contributed by atoms with E-state index in [2.05, 4.69) is 3.73 Å². The van der Waals surface area contributed by atoms with Gasteiger partial charge in [0.1, 0.15) is 0 Å². The molecule has 4 nitrogen and oxygen atoms in total. The van der Waals surface area contributed by atoms with Crippen LogP contribution in [0, 0.1) is 0 Å². The van der Waals surface area contributed by atoms with Crippen molar-refractivity contribution >= 4 is 14.5 Å². The van der Waals surface area contributed by atoms with Gasteiger partial charge >= 0.3 is 113 Å². The average Bonchev–Trinajstić information content (AvgIpc) is 2.30. The third kappa shape index (κ3) is 7.37. The van der Waals surface area contributed by atoms with E-state index in [-0.39, 0.29) is 25.9 Å². The maximum atomic E-state index is 13.0. The molecule has 0 aromatic heterocycles. The minimum absolute atomic E-state index is 0.0561. The van der Waals surface area contributed by atoms with Gasteiger partial charge in [-0.1, -0.05) is 0 Å². The molecule has 0 radical (unpaired) electrons. The summed E-state index contributed by atoms with van der Waals surface area (Å²) >= 11 is -5.19. The van der Waals surface area contributed by atoms with E-state index >= 15 is 0 Å². The summed E-state index contributed by atoms with van der Waals surface area (Å²) in [6.07, 6.45) is -7.31. The Morgan fingerprint density at radius 2 is 1.70 bits per heavy atom. The molecule has 1 atom stereocenters. The van der Waals surface area contributed by atoms with E-state index in [1.807, 2.05) is 0 Å². The van der Waals surface area contributed by atoms with Crippen LogP contribution in [0.2, 0.25) is 0 Å². The average molecular weight is 374 g/mol. The van der Waals surface area contributed by atoms with E-state index < -0.39 is 44.9 Å². The molecule has 11 heteroatoms. The van der Waals surface area contributed by atoms with Crippen molar-refractivity contribution < 1.29 is 42.0 Å². The van der Waals surface area contributed by atoms with Crippen LogP contribution in [0.3, 0.4) is 0 Å². The molecule has 0 aromatic carbocycles. The van der Waals surface area contributed by atoms with Crippen molar-refractivity contribution in [2.24, 2.45) is 0 Å². The summed E-state index contributed by atoms with van der Waals surface area (Å²) in [4.78, 5) is 0. The van der Waals surface area contributed by atoms with Gasteiger partial charge in [-0.3, -0.25) is 0 Å². The van der Waals surface area contributed by atoms with Crippen LogP contribution in [0.15, 0.2) is 11.9 Å². The van der Waals surface area contributed by atoms with Gasteiger partial charge in [-0.15, -0.1) is 0 Å². The van der Waals surface area contributed by atoms with Gasteiger partial charge in [-0.2, -0.15) is 0 Å². The molecule has 0 spiro atoms. The molecular weight excluding hydrogens is 361 g/mol. The fourth-order valence-electron chi connectivity index (χ4n) is 1.23. The Kier molecular flexibility index (Phi) is 7.93. The zero-order valence-electron chi connectivity index (χ0n) is 10.0. The van der Waals surface area contributed by atoms with Crippen LogP contribution < -0.4 is 0 Å². The fraction of sp³-hybridized carbons (Fsp3) is 0.778. The summed E-state index contributed by atoms with van der Waals surface area (Å²) in [5, 5.41) is 0. The van der Waals surface area contributed by atoms with Crippen LogP contribution in [0.25, 0.3) is 0 Å². The number of allylic oxidation sites excluding steroid dienone is 1. The number of halogens is 6. The van der Waals surface area contributed by atoms with Gasteiger partial charge in [-0.05, 0) is 0 Å². The maximum absolute atomic E-state index is 13.0. The molecule has 1 unspecified atom stereocenters. The van der Waals surface area contributed by atoms with E-state index in [9.17, 15) is 30.1 Å². The Bertz CT molecular complexity index is 379. The zero-order valence-corrected chi connectivity index (χ0v) is 11.9. The van der Waals surface area contributed by atoms with Crippen LogP contribution >= 0.6 is 0 Å². The topological polar surface area (TPSA) is 66.8 Å². The molecule has 0 saturated heterocycles. The first-order chi connectivity index (χ1) is 8.98. The number of unbranched alkanes of at least 4 members (excludes halogenated alkanes) is 2. The van der Waals surface area contributed by atoms with E-state index in [0.29, 0.717) is 0 Å². The second-order valence-electron chi connectivity index (χ2n) is 3.84. The Morgan fingerprint density at radius 1 is 1.15 bits per heavy atom. The van der Waals surface area contributed by atoms with Gasteiger partial charge in [-0.25, -0.2) is 0 Å². The first kappa shape index (κ1) is 19.6. The molecule has 0 bridgehead atoms. The number of rotatable bonds is 9. The van der Waals surface area contributed by atoms with Crippen molar-refractivity contribution in [1.82, 2.24) is 0 Å². The molecule has 120 valence electrons. The van der Waals surface area contributed by atoms with Gasteiger partial charge in [0.05, 0.1) is 0 Å². The molecule has 0 aliphatic carbocycles. The summed E-state index contributed by atoms with van der Waals surface area (Å²) in [6, 6.07) is 0. The van der Waals surface area contributed by atoms with Gasteiger partial charge in [0.25, 0.3) is 0 Å². The van der Waals surface area contributed by atoms with E-state index in [0.717, 1.165) is 0 Å². The number of hydrogen-bond acceptors (Lipinski definition) is 2. The molecule has 20 heavy (non-hydrogen) atoms. The molecule has 0 amide bonds. The molecule has 2 N–H and O–H groups in total. The van der Waals surface area contributed by atoms with Crippen molar-refractivity contribution in [3.8, 4) is 0 Å². The van der Waals surface area contributed by atoms with Gasteiger partial charge in [0, 0.05) is 0 Å². The van der Waals surface area contributed by atoms with Gasteiger partial charge < -0.3 is 0 Å². The second-order valence-corrected chi connectivity index (χ2v) is 6.44. The Hall–Kier alpha value is -0.442. The summed E-state index contributed by atoms with van der Waals surface area (Å²) in [5.41, 5.74) is 0. The SMILES string of the molecule is O=[As](O)(O)OCCCCCC(F)C(F)(F)C(F)=C(F)F. The summed E-state index contributed by atoms with van der Waals surface area (Å²) < 4.78 is 105. The van der Waals surface area contributed by atoms with Crippen molar-refractivity contribution in [2.45, 2.75) is 37.8 Å². The van der Waals surface area contributed by atoms with Crippen LogP contribution in [0.1, 0.15) is 25.7 Å². The molecule has 0 fully saturated rings. The van der Waals surface area contributed by atoms with E-state index in [4.69, 9.17) is 8.19 Å². The van der Waals surface area contributed by atoms with Crippen molar-refractivity contribution in [2.75, 3.05) is 6.61 Å². The third-order valence-electron chi connectivity index (χ3n) is 2.21. The fourth-order valence-corrected chi connectivity index (χ4v) is 2.00. The van der Waals surface area contributed by atoms with Gasteiger partial charge in [0.2, 0.25) is 0 Å². The van der Waals surface area contributed by atoms with Crippen LogP contribution in [-0.4, -0.2) is 41.4 Å². The molecule has 0 aromatic rings. The quantitative estimate of drug-likeness (QED) is 0.370. The van der Waals surface area contributed by atoms with Crippen LogP contribution in [0.4, 0.5) is 26.3 Å². The molecule has 0 saturated carbocycles. The normalized spacial score (nSPS) is 14.2. The first-order valence-electron chi connectivity index (χ1n) is 5.41. The number of alkyl halides is 3. The zero-order chi connectivity index (χ0) is 16.0. The Balaban J connectivity index is 4.03. The molecule has 0 aliphatic rings.